The van der Waals surface area contributed by atoms with Gasteiger partial charge < -0.3 is 15.2 Å². The van der Waals surface area contributed by atoms with E-state index >= 15 is 0 Å². The zero-order valence-electron chi connectivity index (χ0n) is 9.92. The number of ether oxygens (including phenoxy) is 1. The fourth-order valence-electron chi connectivity index (χ4n) is 1.36. The van der Waals surface area contributed by atoms with Crippen LogP contribution in [0, 0.1) is 0 Å². The molecule has 1 aromatic rings. The molecule has 1 aliphatic rings. The number of aromatic nitrogens is 1. The van der Waals surface area contributed by atoms with E-state index in [4.69, 9.17) is 4.74 Å². The predicted octanol–water partition coefficient (Wildman–Crippen LogP) is 1.69. The van der Waals surface area contributed by atoms with Gasteiger partial charge in [0.25, 0.3) is 0 Å². The van der Waals surface area contributed by atoms with Gasteiger partial charge in [0.1, 0.15) is 17.2 Å². The molecule has 0 aromatic carbocycles. The van der Waals surface area contributed by atoms with Crippen LogP contribution in [0.3, 0.4) is 0 Å². The minimum absolute atomic E-state index is 0.108. The topological polar surface area (TPSA) is 66.7 Å². The summed E-state index contributed by atoms with van der Waals surface area (Å²) in [6.07, 6.45) is 6.49. The lowest BCUT2D eigenvalue weighted by Gasteiger charge is -2.11. The van der Waals surface area contributed by atoms with Crippen LogP contribution in [-0.2, 0) is 4.74 Å². The smallest absolute Gasteiger partial charge is 0.156 e. The molecule has 0 saturated heterocycles. The van der Waals surface area contributed by atoms with Gasteiger partial charge >= 0.3 is 0 Å². The van der Waals surface area contributed by atoms with Crippen molar-refractivity contribution in [2.24, 2.45) is 4.99 Å². The Morgan fingerprint density at radius 1 is 1.33 bits per heavy atom. The summed E-state index contributed by atoms with van der Waals surface area (Å²) in [5.74, 6) is 1.27. The molecular weight excluding hydrogens is 230 g/mol. The lowest BCUT2D eigenvalue weighted by molar-refractivity contribution is 0.305. The summed E-state index contributed by atoms with van der Waals surface area (Å²) in [7, 11) is 1.57. The van der Waals surface area contributed by atoms with Crippen LogP contribution in [-0.4, -0.2) is 23.0 Å². The Morgan fingerprint density at radius 2 is 2.17 bits per heavy atom. The van der Waals surface area contributed by atoms with Gasteiger partial charge in [0, 0.05) is 5.70 Å². The number of nitrogens with zero attached hydrogens (tertiary/aromatic N) is 2. The molecule has 18 heavy (non-hydrogen) atoms. The summed E-state index contributed by atoms with van der Waals surface area (Å²) in [6, 6.07) is 3.21. The number of hydrogen-bond acceptors (Lipinski definition) is 5. The minimum Gasteiger partial charge on any atom is -0.506 e. The number of pyridine rings is 1. The van der Waals surface area contributed by atoms with Gasteiger partial charge in [-0.25, -0.2) is 9.98 Å². The van der Waals surface area contributed by atoms with Crippen molar-refractivity contribution < 1.29 is 9.84 Å². The Hall–Kier alpha value is -2.56. The molecule has 0 fully saturated rings. The van der Waals surface area contributed by atoms with Crippen molar-refractivity contribution in [3.05, 3.63) is 60.4 Å². The van der Waals surface area contributed by atoms with E-state index in [-0.39, 0.29) is 5.75 Å². The molecule has 5 nitrogen and oxygen atoms in total. The van der Waals surface area contributed by atoms with Crippen LogP contribution in [0.25, 0.3) is 0 Å². The maximum atomic E-state index is 9.20. The summed E-state index contributed by atoms with van der Waals surface area (Å²) in [5, 5.41) is 12.2. The first-order chi connectivity index (χ1) is 8.69. The van der Waals surface area contributed by atoms with Gasteiger partial charge in [0.2, 0.25) is 0 Å². The fourth-order valence-corrected chi connectivity index (χ4v) is 1.36. The van der Waals surface area contributed by atoms with Crippen LogP contribution in [0.15, 0.2) is 59.7 Å². The molecule has 0 spiro atoms. The molecular formula is C13H13N3O2. The number of rotatable bonds is 2. The van der Waals surface area contributed by atoms with Gasteiger partial charge in [0.15, 0.2) is 5.84 Å². The number of amidine groups is 1. The lowest BCUT2D eigenvalue weighted by atomic mass is 10.3. The molecule has 2 heterocycles. The Labute approximate surface area is 105 Å². The van der Waals surface area contributed by atoms with Crippen LogP contribution < -0.4 is 5.32 Å². The summed E-state index contributed by atoms with van der Waals surface area (Å²) >= 11 is 0. The van der Waals surface area contributed by atoms with E-state index in [1.54, 1.807) is 37.6 Å². The molecule has 0 atom stereocenters. The molecule has 1 aromatic heterocycles. The molecule has 0 radical (unpaired) electrons. The third-order valence-corrected chi connectivity index (χ3v) is 2.27. The van der Waals surface area contributed by atoms with Gasteiger partial charge in [-0.2, -0.15) is 0 Å². The Morgan fingerprint density at radius 3 is 2.83 bits per heavy atom. The van der Waals surface area contributed by atoms with E-state index in [1.165, 1.54) is 6.20 Å². The molecule has 0 saturated carbocycles. The van der Waals surface area contributed by atoms with Gasteiger partial charge in [0.05, 0.1) is 19.5 Å². The van der Waals surface area contributed by atoms with Crippen LogP contribution in [0.5, 0.6) is 5.75 Å². The highest BCUT2D eigenvalue weighted by Gasteiger charge is 2.07. The maximum Gasteiger partial charge on any atom is 0.156 e. The third kappa shape index (κ3) is 2.76. The first-order valence-electron chi connectivity index (χ1n) is 5.30. The molecule has 0 aliphatic carbocycles. The molecule has 0 bridgehead atoms. The zero-order chi connectivity index (χ0) is 13.0. The number of aromatic hydroxyl groups is 1. The molecule has 92 valence electrons. The lowest BCUT2D eigenvalue weighted by Crippen LogP contribution is -2.24. The van der Waals surface area contributed by atoms with Crippen molar-refractivity contribution in [3.8, 4) is 5.75 Å². The summed E-state index contributed by atoms with van der Waals surface area (Å²) in [5.41, 5.74) is 1.28. The molecule has 2 N–H and O–H groups in total. The van der Waals surface area contributed by atoms with E-state index in [0.717, 1.165) is 0 Å². The second-order valence-corrected chi connectivity index (χ2v) is 3.60. The van der Waals surface area contributed by atoms with Gasteiger partial charge in [-0.3, -0.25) is 0 Å². The second-order valence-electron chi connectivity index (χ2n) is 3.60. The number of nitrogens with one attached hydrogen (secondary N) is 1. The first kappa shape index (κ1) is 11.9. The number of allylic oxidation sites excluding steroid dienone is 2. The highest BCUT2D eigenvalue weighted by atomic mass is 16.5. The van der Waals surface area contributed by atoms with E-state index in [1.807, 2.05) is 0 Å². The van der Waals surface area contributed by atoms with Crippen molar-refractivity contribution >= 4 is 5.84 Å². The molecule has 1 aliphatic heterocycles. The van der Waals surface area contributed by atoms with Crippen molar-refractivity contribution in [3.63, 3.8) is 0 Å². The Balaban J connectivity index is 2.37. The van der Waals surface area contributed by atoms with Crippen molar-refractivity contribution in [2.75, 3.05) is 7.11 Å². The monoisotopic (exact) mass is 243 g/mol. The zero-order valence-corrected chi connectivity index (χ0v) is 9.92. The summed E-state index contributed by atoms with van der Waals surface area (Å²) in [6.45, 7) is 3.84. The van der Waals surface area contributed by atoms with Gasteiger partial charge in [-0.1, -0.05) is 6.58 Å². The SMILES string of the molecule is C=C1\C=C/C(OC)=C\N=C(\c2ccc(O)cn2)N1. The molecule has 2 rings (SSSR count). The van der Waals surface area contributed by atoms with E-state index in [9.17, 15) is 5.11 Å². The third-order valence-electron chi connectivity index (χ3n) is 2.27. The Kier molecular flexibility index (Phi) is 3.43. The van der Waals surface area contributed by atoms with Crippen molar-refractivity contribution in [2.45, 2.75) is 0 Å². The maximum absolute atomic E-state index is 9.20. The summed E-state index contributed by atoms with van der Waals surface area (Å²) in [4.78, 5) is 8.33. The number of hydrogen-bond donors (Lipinski definition) is 2. The molecule has 0 unspecified atom stereocenters. The summed E-state index contributed by atoms with van der Waals surface area (Å²) < 4.78 is 5.12. The average molecular weight is 243 g/mol. The van der Waals surface area contributed by atoms with Gasteiger partial charge in [-0.05, 0) is 24.3 Å². The normalized spacial score (nSPS) is 22.6. The van der Waals surface area contributed by atoms with Crippen LogP contribution in [0.1, 0.15) is 5.69 Å². The van der Waals surface area contributed by atoms with Crippen LogP contribution in [0.2, 0.25) is 0 Å². The Bertz CT molecular complexity index is 542. The number of methoxy groups -OCH3 is 1. The minimum atomic E-state index is 0.108. The van der Waals surface area contributed by atoms with Crippen LogP contribution >= 0.6 is 0 Å². The molecule has 5 heteroatoms. The standard InChI is InChI=1S/C13H13N3O2/c1-9-3-5-11(18-2)8-15-13(16-9)12-6-4-10(17)7-14-12/h3-8,17H,1H2,2H3,(H,15,16)/b5-3-,11-8+. The first-order valence-corrected chi connectivity index (χ1v) is 5.30. The van der Waals surface area contributed by atoms with E-state index in [0.29, 0.717) is 23.0 Å². The second kappa shape index (κ2) is 5.18. The molecule has 0 amide bonds. The van der Waals surface area contributed by atoms with E-state index < -0.39 is 0 Å². The fraction of sp³-hybridized carbons (Fsp3) is 0.0769. The highest BCUT2D eigenvalue weighted by Crippen LogP contribution is 2.09. The largest absolute Gasteiger partial charge is 0.506 e. The van der Waals surface area contributed by atoms with Crippen LogP contribution in [0.4, 0.5) is 0 Å². The quantitative estimate of drug-likeness (QED) is 0.829. The number of aliphatic imine (C=N–C) groups is 1. The predicted molar refractivity (Wildman–Crippen MR) is 68.9 cm³/mol. The van der Waals surface area contributed by atoms with Crippen molar-refractivity contribution in [1.82, 2.24) is 10.3 Å². The van der Waals surface area contributed by atoms with Crippen molar-refractivity contribution in [1.29, 1.82) is 0 Å². The van der Waals surface area contributed by atoms with Gasteiger partial charge in [-0.15, -0.1) is 0 Å². The van der Waals surface area contributed by atoms with E-state index in [2.05, 4.69) is 21.9 Å². The average Bonchev–Trinajstić information content (AvgIpc) is 2.36. The highest BCUT2D eigenvalue weighted by molar-refractivity contribution is 5.98.